The fourth-order valence-electron chi connectivity index (χ4n) is 4.68. The predicted octanol–water partition coefficient (Wildman–Crippen LogP) is 4.31. The van der Waals surface area contributed by atoms with Crippen LogP contribution in [0.25, 0.3) is 11.1 Å². The van der Waals surface area contributed by atoms with Crippen molar-refractivity contribution in [3.05, 3.63) is 107 Å². The Morgan fingerprint density at radius 1 is 0.571 bits per heavy atom. The quantitative estimate of drug-likeness (QED) is 0.390. The SMILES string of the molecule is Cc1ccc([Si]2(c3ccc(C)cc3)c3ccccc3-c3cccc(Cl)c32)cc1. The summed E-state index contributed by atoms with van der Waals surface area (Å²) in [5.41, 5.74) is 5.17. The Kier molecular flexibility index (Phi) is 4.04. The number of aryl methyl sites for hydroxylation is 2. The van der Waals surface area contributed by atoms with Crippen LogP contribution in [-0.2, 0) is 0 Å². The highest BCUT2D eigenvalue weighted by Crippen LogP contribution is 2.31. The molecule has 1 aliphatic heterocycles. The summed E-state index contributed by atoms with van der Waals surface area (Å²) in [5.74, 6) is 0. The Morgan fingerprint density at radius 2 is 1.11 bits per heavy atom. The molecule has 0 aliphatic carbocycles. The second-order valence-electron chi connectivity index (χ2n) is 7.69. The van der Waals surface area contributed by atoms with Gasteiger partial charge in [-0.1, -0.05) is 108 Å². The lowest BCUT2D eigenvalue weighted by Gasteiger charge is -2.32. The van der Waals surface area contributed by atoms with Gasteiger partial charge in [0.05, 0.1) is 0 Å². The Labute approximate surface area is 172 Å². The molecule has 1 aliphatic rings. The zero-order chi connectivity index (χ0) is 19.3. The zero-order valence-electron chi connectivity index (χ0n) is 16.0. The number of hydrogen-bond donors (Lipinski definition) is 0. The molecular weight excluding hydrogens is 376 g/mol. The Hall–Kier alpha value is -2.61. The topological polar surface area (TPSA) is 0 Å². The molecule has 0 unspecified atom stereocenters. The first-order valence-corrected chi connectivity index (χ1v) is 12.0. The molecule has 0 saturated carbocycles. The molecule has 5 rings (SSSR count). The van der Waals surface area contributed by atoms with Gasteiger partial charge < -0.3 is 0 Å². The Balaban J connectivity index is 1.98. The smallest absolute Gasteiger partial charge is 0.0844 e. The molecule has 0 N–H and O–H groups in total. The lowest BCUT2D eigenvalue weighted by atomic mass is 10.1. The Morgan fingerprint density at radius 3 is 1.71 bits per heavy atom. The normalized spacial score (nSPS) is 13.8. The first-order valence-electron chi connectivity index (χ1n) is 9.65. The van der Waals surface area contributed by atoms with Crippen LogP contribution in [0.4, 0.5) is 0 Å². The average molecular weight is 397 g/mol. The van der Waals surface area contributed by atoms with Crippen molar-refractivity contribution in [1.29, 1.82) is 0 Å². The van der Waals surface area contributed by atoms with E-state index < -0.39 is 8.07 Å². The van der Waals surface area contributed by atoms with Crippen LogP contribution in [-0.4, -0.2) is 8.07 Å². The first kappa shape index (κ1) is 17.5. The van der Waals surface area contributed by atoms with Gasteiger partial charge in [-0.25, -0.2) is 0 Å². The number of benzene rings is 4. The first-order chi connectivity index (χ1) is 13.6. The molecule has 0 spiro atoms. The highest BCUT2D eigenvalue weighted by Gasteiger charge is 2.49. The highest BCUT2D eigenvalue weighted by molar-refractivity contribution is 7.22. The molecule has 1 heterocycles. The minimum absolute atomic E-state index is 0.876. The second-order valence-corrected chi connectivity index (χ2v) is 11.8. The molecular formula is C26H21ClSi. The fourth-order valence-corrected chi connectivity index (χ4v) is 10.4. The van der Waals surface area contributed by atoms with Crippen LogP contribution in [0.3, 0.4) is 0 Å². The summed E-state index contributed by atoms with van der Waals surface area (Å²) in [4.78, 5) is 0. The van der Waals surface area contributed by atoms with Gasteiger partial charge in [0.25, 0.3) is 0 Å². The molecule has 2 heteroatoms. The van der Waals surface area contributed by atoms with Crippen molar-refractivity contribution < 1.29 is 0 Å². The second kappa shape index (κ2) is 6.48. The molecule has 136 valence electrons. The van der Waals surface area contributed by atoms with Crippen molar-refractivity contribution in [3.63, 3.8) is 0 Å². The van der Waals surface area contributed by atoms with Crippen LogP contribution in [0.2, 0.25) is 5.02 Å². The van der Waals surface area contributed by atoms with Crippen molar-refractivity contribution in [2.75, 3.05) is 0 Å². The third-order valence-electron chi connectivity index (χ3n) is 5.98. The summed E-state index contributed by atoms with van der Waals surface area (Å²) in [5, 5.41) is 6.42. The molecule has 0 amide bonds. The molecule has 4 aromatic rings. The third kappa shape index (κ3) is 2.37. The van der Waals surface area contributed by atoms with E-state index in [1.54, 1.807) is 0 Å². The van der Waals surface area contributed by atoms with Gasteiger partial charge in [-0.15, -0.1) is 0 Å². The molecule has 0 atom stereocenters. The van der Waals surface area contributed by atoms with E-state index in [-0.39, 0.29) is 0 Å². The van der Waals surface area contributed by atoms with Crippen molar-refractivity contribution in [2.45, 2.75) is 13.8 Å². The summed E-state index contributed by atoms with van der Waals surface area (Å²) < 4.78 is 0. The van der Waals surface area contributed by atoms with E-state index in [0.29, 0.717) is 0 Å². The van der Waals surface area contributed by atoms with Gasteiger partial charge >= 0.3 is 0 Å². The average Bonchev–Trinajstić information content (AvgIpc) is 3.02. The lowest BCUT2D eigenvalue weighted by Crippen LogP contribution is -2.73. The van der Waals surface area contributed by atoms with E-state index in [1.807, 2.05) is 0 Å². The van der Waals surface area contributed by atoms with Crippen LogP contribution in [0.5, 0.6) is 0 Å². The lowest BCUT2D eigenvalue weighted by molar-refractivity contribution is 1.48. The van der Waals surface area contributed by atoms with E-state index in [0.717, 1.165) is 5.02 Å². The number of rotatable bonds is 2. The summed E-state index contributed by atoms with van der Waals surface area (Å²) in [7, 11) is -2.45. The molecule has 0 fully saturated rings. The number of halogens is 1. The van der Waals surface area contributed by atoms with Crippen LogP contribution in [0.15, 0.2) is 91.0 Å². The van der Waals surface area contributed by atoms with E-state index in [2.05, 4.69) is 105 Å². The minimum Gasteiger partial charge on any atom is -0.0844 e. The molecule has 0 aromatic heterocycles. The van der Waals surface area contributed by atoms with Crippen molar-refractivity contribution in [1.82, 2.24) is 0 Å². The van der Waals surface area contributed by atoms with Gasteiger partial charge in [-0.2, -0.15) is 0 Å². The van der Waals surface area contributed by atoms with Gasteiger partial charge in [0.1, 0.15) is 0 Å². The predicted molar refractivity (Wildman–Crippen MR) is 124 cm³/mol. The summed E-state index contributed by atoms with van der Waals surface area (Å²) in [6.45, 7) is 4.29. The maximum atomic E-state index is 6.94. The van der Waals surface area contributed by atoms with Crippen molar-refractivity contribution in [2.24, 2.45) is 0 Å². The van der Waals surface area contributed by atoms with Crippen LogP contribution in [0.1, 0.15) is 11.1 Å². The standard InChI is InChI=1S/C26H21ClSi/c1-18-10-14-20(15-11-18)28(21-16-12-19(2)13-17-21)25-9-4-3-6-22(25)23-7-5-8-24(27)26(23)28/h3-17H,1-2H3. The molecule has 28 heavy (non-hydrogen) atoms. The summed E-state index contributed by atoms with van der Waals surface area (Å²) in [6, 6.07) is 33.4. The van der Waals surface area contributed by atoms with Crippen LogP contribution >= 0.6 is 11.6 Å². The largest absolute Gasteiger partial charge is 0.182 e. The minimum atomic E-state index is -2.45. The van der Waals surface area contributed by atoms with Gasteiger partial charge in [0, 0.05) is 5.02 Å². The van der Waals surface area contributed by atoms with Gasteiger partial charge in [0.15, 0.2) is 8.07 Å². The van der Waals surface area contributed by atoms with Crippen molar-refractivity contribution in [3.8, 4) is 11.1 Å². The van der Waals surface area contributed by atoms with E-state index in [1.165, 1.54) is 43.0 Å². The molecule has 0 bridgehead atoms. The fraction of sp³-hybridized carbons (Fsp3) is 0.0769. The molecule has 0 nitrogen and oxygen atoms in total. The number of fused-ring (bicyclic) bond motifs is 3. The monoisotopic (exact) mass is 396 g/mol. The molecule has 0 saturated heterocycles. The summed E-state index contributed by atoms with van der Waals surface area (Å²) >= 11 is 6.94. The Bertz CT molecular complexity index is 1130. The van der Waals surface area contributed by atoms with Crippen molar-refractivity contribution >= 4 is 40.4 Å². The number of hydrogen-bond acceptors (Lipinski definition) is 0. The van der Waals surface area contributed by atoms with E-state index >= 15 is 0 Å². The molecule has 4 aromatic carbocycles. The third-order valence-corrected chi connectivity index (χ3v) is 11.4. The zero-order valence-corrected chi connectivity index (χ0v) is 17.8. The maximum absolute atomic E-state index is 6.94. The maximum Gasteiger partial charge on any atom is 0.182 e. The highest BCUT2D eigenvalue weighted by atomic mass is 35.5. The van der Waals surface area contributed by atoms with Crippen LogP contribution in [0, 0.1) is 13.8 Å². The molecule has 0 radical (unpaired) electrons. The van der Waals surface area contributed by atoms with Gasteiger partial charge in [-0.05, 0) is 51.8 Å². The summed E-state index contributed by atoms with van der Waals surface area (Å²) in [6.07, 6.45) is 0. The van der Waals surface area contributed by atoms with Crippen LogP contribution < -0.4 is 20.7 Å². The van der Waals surface area contributed by atoms with E-state index in [4.69, 9.17) is 11.6 Å². The van der Waals surface area contributed by atoms with Gasteiger partial charge in [-0.3, -0.25) is 0 Å². The van der Waals surface area contributed by atoms with Gasteiger partial charge in [0.2, 0.25) is 0 Å². The van der Waals surface area contributed by atoms with E-state index in [9.17, 15) is 0 Å².